The molecule has 2 aliphatic heterocycles. The first kappa shape index (κ1) is 17.7. The Hall–Kier alpha value is -0.660. The van der Waals surface area contributed by atoms with Gasteiger partial charge in [0.1, 0.15) is 0 Å². The van der Waals surface area contributed by atoms with E-state index in [1.54, 1.807) is 8.61 Å². The molecule has 2 aliphatic rings. The maximum atomic E-state index is 12.6. The van der Waals surface area contributed by atoms with Crippen molar-refractivity contribution in [3.05, 3.63) is 0 Å². The van der Waals surface area contributed by atoms with E-state index in [0.29, 0.717) is 39.0 Å². The molecule has 2 heterocycles. The monoisotopic (exact) mass is 331 g/mol. The van der Waals surface area contributed by atoms with Crippen LogP contribution in [0.4, 0.5) is 0 Å². The quantitative estimate of drug-likeness (QED) is 0.747. The van der Waals surface area contributed by atoms with Crippen molar-refractivity contribution in [2.75, 3.05) is 32.7 Å². The van der Waals surface area contributed by atoms with Gasteiger partial charge in [0.2, 0.25) is 5.91 Å². The standard InChI is InChI=1S/C15H29N3O3S/c1-2-3-9-16-15(19)14-7-12-18(13-8-14)22(20,21)17-10-5-4-6-11-17/h14H,2-13H2,1H3,(H,16,19). The lowest BCUT2D eigenvalue weighted by molar-refractivity contribution is -0.126. The van der Waals surface area contributed by atoms with E-state index >= 15 is 0 Å². The second-order valence-corrected chi connectivity index (χ2v) is 8.21. The first-order chi connectivity index (χ1) is 10.6. The second-order valence-electron chi connectivity index (χ2n) is 6.29. The lowest BCUT2D eigenvalue weighted by Gasteiger charge is -2.35. The van der Waals surface area contributed by atoms with Gasteiger partial charge in [-0.3, -0.25) is 4.79 Å². The van der Waals surface area contributed by atoms with Crippen LogP contribution in [0.2, 0.25) is 0 Å². The number of hydrogen-bond donors (Lipinski definition) is 1. The van der Waals surface area contributed by atoms with Crippen LogP contribution in [0.3, 0.4) is 0 Å². The summed E-state index contributed by atoms with van der Waals surface area (Å²) in [6, 6.07) is 0. The minimum absolute atomic E-state index is 0.0374. The van der Waals surface area contributed by atoms with Crippen LogP contribution in [-0.4, -0.2) is 55.7 Å². The molecule has 6 nitrogen and oxygen atoms in total. The van der Waals surface area contributed by atoms with E-state index in [9.17, 15) is 13.2 Å². The van der Waals surface area contributed by atoms with Crippen molar-refractivity contribution in [2.24, 2.45) is 5.92 Å². The number of carbonyl (C=O) groups is 1. The topological polar surface area (TPSA) is 69.7 Å². The summed E-state index contributed by atoms with van der Waals surface area (Å²) in [5, 5.41) is 2.95. The minimum Gasteiger partial charge on any atom is -0.356 e. The highest BCUT2D eigenvalue weighted by Gasteiger charge is 2.35. The summed E-state index contributed by atoms with van der Waals surface area (Å²) < 4.78 is 28.3. The van der Waals surface area contributed by atoms with Crippen LogP contribution in [0.25, 0.3) is 0 Å². The van der Waals surface area contributed by atoms with Crippen LogP contribution in [-0.2, 0) is 15.0 Å². The molecular formula is C15H29N3O3S. The summed E-state index contributed by atoms with van der Waals surface area (Å²) in [6.45, 7) is 5.02. The molecule has 7 heteroatoms. The molecule has 0 spiro atoms. The fourth-order valence-corrected chi connectivity index (χ4v) is 4.86. The van der Waals surface area contributed by atoms with Gasteiger partial charge in [0, 0.05) is 38.6 Å². The van der Waals surface area contributed by atoms with Crippen LogP contribution in [0.15, 0.2) is 0 Å². The number of nitrogens with one attached hydrogen (secondary N) is 1. The first-order valence-electron chi connectivity index (χ1n) is 8.58. The molecule has 0 saturated carbocycles. The Kier molecular flexibility index (Phi) is 6.65. The molecule has 2 rings (SSSR count). The Labute approximate surface area is 134 Å². The van der Waals surface area contributed by atoms with E-state index in [0.717, 1.165) is 38.6 Å². The van der Waals surface area contributed by atoms with E-state index in [-0.39, 0.29) is 11.8 Å². The Morgan fingerprint density at radius 3 is 2.23 bits per heavy atom. The van der Waals surface area contributed by atoms with Crippen molar-refractivity contribution < 1.29 is 13.2 Å². The maximum absolute atomic E-state index is 12.6. The third-order valence-corrected chi connectivity index (χ3v) is 6.66. The molecular weight excluding hydrogens is 302 g/mol. The molecule has 0 atom stereocenters. The van der Waals surface area contributed by atoms with Gasteiger partial charge >= 0.3 is 0 Å². The molecule has 0 aromatic heterocycles. The van der Waals surface area contributed by atoms with Gasteiger partial charge in [-0.2, -0.15) is 17.0 Å². The van der Waals surface area contributed by atoms with E-state index in [1.807, 2.05) is 0 Å². The Balaban J connectivity index is 1.82. The van der Waals surface area contributed by atoms with Crippen molar-refractivity contribution >= 4 is 16.1 Å². The Morgan fingerprint density at radius 1 is 1.05 bits per heavy atom. The third kappa shape index (κ3) is 4.43. The van der Waals surface area contributed by atoms with Gasteiger partial charge in [0.05, 0.1) is 0 Å². The van der Waals surface area contributed by atoms with Gasteiger partial charge < -0.3 is 5.32 Å². The zero-order chi connectivity index (χ0) is 16.0. The normalized spacial score (nSPS) is 22.6. The maximum Gasteiger partial charge on any atom is 0.281 e. The molecule has 2 fully saturated rings. The van der Waals surface area contributed by atoms with Crippen LogP contribution < -0.4 is 5.32 Å². The fourth-order valence-electron chi connectivity index (χ4n) is 3.14. The fraction of sp³-hybridized carbons (Fsp3) is 0.933. The number of unbranched alkanes of at least 4 members (excludes halogenated alkanes) is 1. The smallest absolute Gasteiger partial charge is 0.281 e. The molecule has 1 amide bonds. The van der Waals surface area contributed by atoms with Crippen molar-refractivity contribution in [3.63, 3.8) is 0 Å². The van der Waals surface area contributed by atoms with Gasteiger partial charge in [-0.25, -0.2) is 0 Å². The zero-order valence-corrected chi connectivity index (χ0v) is 14.4. The average molecular weight is 331 g/mol. The lowest BCUT2D eigenvalue weighted by Crippen LogP contribution is -2.50. The Morgan fingerprint density at radius 2 is 1.64 bits per heavy atom. The van der Waals surface area contributed by atoms with Gasteiger partial charge in [0.15, 0.2) is 0 Å². The van der Waals surface area contributed by atoms with Crippen LogP contribution in [0.5, 0.6) is 0 Å². The average Bonchev–Trinajstić information content (AvgIpc) is 2.56. The van der Waals surface area contributed by atoms with Gasteiger partial charge in [-0.1, -0.05) is 19.8 Å². The number of nitrogens with zero attached hydrogens (tertiary/aromatic N) is 2. The molecule has 22 heavy (non-hydrogen) atoms. The number of amides is 1. The highest BCUT2D eigenvalue weighted by molar-refractivity contribution is 7.86. The summed E-state index contributed by atoms with van der Waals surface area (Å²) in [4.78, 5) is 12.0. The Bertz CT molecular complexity index is 453. The van der Waals surface area contributed by atoms with E-state index in [4.69, 9.17) is 0 Å². The predicted octanol–water partition coefficient (Wildman–Crippen LogP) is 1.35. The summed E-state index contributed by atoms with van der Waals surface area (Å²) in [7, 11) is -3.32. The van der Waals surface area contributed by atoms with Crippen molar-refractivity contribution in [1.82, 2.24) is 13.9 Å². The molecule has 0 aliphatic carbocycles. The third-order valence-electron chi connectivity index (χ3n) is 4.62. The van der Waals surface area contributed by atoms with Gasteiger partial charge in [-0.15, -0.1) is 0 Å². The summed E-state index contributed by atoms with van der Waals surface area (Å²) in [5.74, 6) is 0.0492. The SMILES string of the molecule is CCCCNC(=O)C1CCN(S(=O)(=O)N2CCCCC2)CC1. The van der Waals surface area contributed by atoms with Crippen molar-refractivity contribution in [3.8, 4) is 0 Å². The summed E-state index contributed by atoms with van der Waals surface area (Å²) in [5.41, 5.74) is 0. The van der Waals surface area contributed by atoms with Gasteiger partial charge in [0.25, 0.3) is 10.2 Å². The largest absolute Gasteiger partial charge is 0.356 e. The van der Waals surface area contributed by atoms with E-state index < -0.39 is 10.2 Å². The van der Waals surface area contributed by atoms with Crippen LogP contribution >= 0.6 is 0 Å². The number of carbonyl (C=O) groups excluding carboxylic acids is 1. The minimum atomic E-state index is -3.32. The molecule has 1 N–H and O–H groups in total. The lowest BCUT2D eigenvalue weighted by atomic mass is 9.97. The van der Waals surface area contributed by atoms with Crippen LogP contribution in [0.1, 0.15) is 51.9 Å². The first-order valence-corrected chi connectivity index (χ1v) is 9.98. The highest BCUT2D eigenvalue weighted by Crippen LogP contribution is 2.23. The highest BCUT2D eigenvalue weighted by atomic mass is 32.2. The molecule has 128 valence electrons. The number of hydrogen-bond acceptors (Lipinski definition) is 3. The molecule has 2 saturated heterocycles. The molecule has 0 aromatic rings. The van der Waals surface area contributed by atoms with E-state index in [1.165, 1.54) is 0 Å². The molecule has 0 aromatic carbocycles. The molecule has 0 bridgehead atoms. The van der Waals surface area contributed by atoms with Crippen LogP contribution in [0, 0.1) is 5.92 Å². The van der Waals surface area contributed by atoms with E-state index in [2.05, 4.69) is 12.2 Å². The number of piperidine rings is 2. The van der Waals surface area contributed by atoms with Gasteiger partial charge in [-0.05, 0) is 32.1 Å². The predicted molar refractivity (Wildman–Crippen MR) is 86.6 cm³/mol. The molecule has 0 radical (unpaired) electrons. The second kappa shape index (κ2) is 8.26. The molecule has 0 unspecified atom stereocenters. The summed E-state index contributed by atoms with van der Waals surface area (Å²) in [6.07, 6.45) is 6.34. The number of rotatable bonds is 6. The zero-order valence-electron chi connectivity index (χ0n) is 13.6. The summed E-state index contributed by atoms with van der Waals surface area (Å²) >= 11 is 0. The van der Waals surface area contributed by atoms with Crippen molar-refractivity contribution in [2.45, 2.75) is 51.9 Å². The van der Waals surface area contributed by atoms with Crippen molar-refractivity contribution in [1.29, 1.82) is 0 Å².